The van der Waals surface area contributed by atoms with Gasteiger partial charge >= 0.3 is 0 Å². The zero-order valence-corrected chi connectivity index (χ0v) is 13.0. The van der Waals surface area contributed by atoms with Crippen LogP contribution in [0.3, 0.4) is 0 Å². The largest absolute Gasteiger partial charge is 0.337 e. The Bertz CT molecular complexity index is 806. The molecule has 3 aromatic carbocycles. The first-order chi connectivity index (χ1) is 10.6. The van der Waals surface area contributed by atoms with Gasteiger partial charge in [0.15, 0.2) is 0 Å². The van der Waals surface area contributed by atoms with E-state index in [-0.39, 0.29) is 5.91 Å². The molecule has 2 nitrogen and oxygen atoms in total. The van der Waals surface area contributed by atoms with Crippen LogP contribution in [0.2, 0.25) is 5.02 Å². The second-order valence-electron chi connectivity index (χ2n) is 5.31. The topological polar surface area (TPSA) is 20.3 Å². The third-order valence-corrected chi connectivity index (χ3v) is 3.95. The van der Waals surface area contributed by atoms with Crippen LogP contribution >= 0.6 is 11.6 Å². The van der Waals surface area contributed by atoms with Gasteiger partial charge in [0.2, 0.25) is 0 Å². The highest BCUT2D eigenvalue weighted by molar-refractivity contribution is 6.30. The normalized spacial score (nSPS) is 10.6. The molecule has 0 saturated carbocycles. The highest BCUT2D eigenvalue weighted by Gasteiger charge is 2.14. The predicted octanol–water partition coefficient (Wildman–Crippen LogP) is 4.77. The number of amides is 1. The summed E-state index contributed by atoms with van der Waals surface area (Å²) in [6, 6.07) is 21.3. The predicted molar refractivity (Wildman–Crippen MR) is 91.2 cm³/mol. The summed E-state index contributed by atoms with van der Waals surface area (Å²) >= 11 is 5.89. The summed E-state index contributed by atoms with van der Waals surface area (Å²) in [5.41, 5.74) is 1.79. The molecular weight excluding hydrogens is 294 g/mol. The number of nitrogens with zero attached hydrogens (tertiary/aromatic N) is 1. The number of carbonyl (C=O) groups excluding carboxylic acids is 1. The van der Waals surface area contributed by atoms with E-state index >= 15 is 0 Å². The third-order valence-electron chi connectivity index (χ3n) is 3.70. The van der Waals surface area contributed by atoms with Crippen molar-refractivity contribution in [1.82, 2.24) is 4.90 Å². The second-order valence-corrected chi connectivity index (χ2v) is 5.75. The maximum atomic E-state index is 12.7. The molecule has 0 aliphatic carbocycles. The van der Waals surface area contributed by atoms with Gasteiger partial charge in [0.25, 0.3) is 5.91 Å². The van der Waals surface area contributed by atoms with Gasteiger partial charge in [-0.2, -0.15) is 0 Å². The Morgan fingerprint density at radius 2 is 1.64 bits per heavy atom. The van der Waals surface area contributed by atoms with E-state index in [4.69, 9.17) is 11.6 Å². The van der Waals surface area contributed by atoms with Crippen molar-refractivity contribution in [1.29, 1.82) is 0 Å². The Hall–Kier alpha value is -2.32. The zero-order chi connectivity index (χ0) is 15.5. The summed E-state index contributed by atoms with van der Waals surface area (Å²) in [7, 11) is 1.82. The van der Waals surface area contributed by atoms with Crippen LogP contribution in [0.25, 0.3) is 10.8 Å². The van der Waals surface area contributed by atoms with Crippen molar-refractivity contribution in [3.63, 3.8) is 0 Å². The fraction of sp³-hybridized carbons (Fsp3) is 0.105. The van der Waals surface area contributed by atoms with Crippen molar-refractivity contribution in [3.05, 3.63) is 82.9 Å². The summed E-state index contributed by atoms with van der Waals surface area (Å²) in [5.74, 6) is 0.0201. The summed E-state index contributed by atoms with van der Waals surface area (Å²) in [6.07, 6.45) is 0. The molecule has 0 atom stereocenters. The van der Waals surface area contributed by atoms with Gasteiger partial charge in [-0.25, -0.2) is 0 Å². The van der Waals surface area contributed by atoms with Gasteiger partial charge in [-0.05, 0) is 34.5 Å². The first kappa shape index (κ1) is 14.6. The van der Waals surface area contributed by atoms with Crippen molar-refractivity contribution < 1.29 is 4.79 Å². The van der Waals surface area contributed by atoms with Crippen LogP contribution in [0.15, 0.2) is 66.7 Å². The highest BCUT2D eigenvalue weighted by atomic mass is 35.5. The van der Waals surface area contributed by atoms with E-state index in [9.17, 15) is 4.79 Å². The molecule has 1 amide bonds. The van der Waals surface area contributed by atoms with Gasteiger partial charge in [-0.15, -0.1) is 0 Å². The molecule has 0 aliphatic heterocycles. The number of carbonyl (C=O) groups is 1. The molecule has 0 unspecified atom stereocenters. The number of hydrogen-bond donors (Lipinski definition) is 0. The van der Waals surface area contributed by atoms with Crippen molar-refractivity contribution in [2.75, 3.05) is 7.05 Å². The number of fused-ring (bicyclic) bond motifs is 1. The lowest BCUT2D eigenvalue weighted by atomic mass is 10.0. The molecule has 0 saturated heterocycles. The Kier molecular flexibility index (Phi) is 4.12. The average molecular weight is 310 g/mol. The van der Waals surface area contributed by atoms with E-state index in [0.29, 0.717) is 11.6 Å². The van der Waals surface area contributed by atoms with Gasteiger partial charge in [0.05, 0.1) is 0 Å². The lowest BCUT2D eigenvalue weighted by molar-refractivity contribution is 0.0787. The molecular formula is C19H16ClNO. The summed E-state index contributed by atoms with van der Waals surface area (Å²) in [5, 5.41) is 2.76. The molecule has 0 heterocycles. The van der Waals surface area contributed by atoms with E-state index in [1.165, 1.54) is 0 Å². The van der Waals surface area contributed by atoms with Gasteiger partial charge in [0.1, 0.15) is 0 Å². The Morgan fingerprint density at radius 1 is 0.955 bits per heavy atom. The molecule has 0 aliphatic rings. The first-order valence-corrected chi connectivity index (χ1v) is 7.50. The quantitative estimate of drug-likeness (QED) is 0.682. The van der Waals surface area contributed by atoms with Crippen molar-refractivity contribution in [3.8, 4) is 0 Å². The lowest BCUT2D eigenvalue weighted by Gasteiger charge is -2.18. The van der Waals surface area contributed by atoms with Crippen molar-refractivity contribution >= 4 is 28.3 Å². The summed E-state index contributed by atoms with van der Waals surface area (Å²) < 4.78 is 0. The molecule has 0 N–H and O–H groups in total. The monoisotopic (exact) mass is 309 g/mol. The molecule has 110 valence electrons. The zero-order valence-electron chi connectivity index (χ0n) is 12.3. The van der Waals surface area contributed by atoms with Gasteiger partial charge in [-0.1, -0.05) is 60.1 Å². The van der Waals surface area contributed by atoms with Crippen LogP contribution in [0.5, 0.6) is 0 Å². The fourth-order valence-corrected chi connectivity index (χ4v) is 2.68. The Morgan fingerprint density at radius 3 is 2.41 bits per heavy atom. The lowest BCUT2D eigenvalue weighted by Crippen LogP contribution is -2.26. The maximum Gasteiger partial charge on any atom is 0.254 e. The van der Waals surface area contributed by atoms with E-state index in [0.717, 1.165) is 21.9 Å². The van der Waals surface area contributed by atoms with E-state index in [1.807, 2.05) is 73.8 Å². The van der Waals surface area contributed by atoms with Crippen molar-refractivity contribution in [2.45, 2.75) is 6.54 Å². The number of hydrogen-bond acceptors (Lipinski definition) is 1. The van der Waals surface area contributed by atoms with Gasteiger partial charge < -0.3 is 4.90 Å². The minimum atomic E-state index is 0.0201. The number of benzene rings is 3. The minimum absolute atomic E-state index is 0.0201. The highest BCUT2D eigenvalue weighted by Crippen LogP contribution is 2.20. The molecule has 22 heavy (non-hydrogen) atoms. The smallest absolute Gasteiger partial charge is 0.254 e. The summed E-state index contributed by atoms with van der Waals surface area (Å²) in [6.45, 7) is 0.555. The molecule has 3 aromatic rings. The molecule has 3 heteroatoms. The van der Waals surface area contributed by atoms with Crippen LogP contribution in [0, 0.1) is 0 Å². The minimum Gasteiger partial charge on any atom is -0.337 e. The summed E-state index contributed by atoms with van der Waals surface area (Å²) in [4.78, 5) is 14.5. The third kappa shape index (κ3) is 2.97. The van der Waals surface area contributed by atoms with Crippen LogP contribution in [0.4, 0.5) is 0 Å². The molecule has 0 spiro atoms. The standard InChI is InChI=1S/C19H16ClNO/c1-21(13-14-9-11-16(20)12-10-14)19(22)18-8-4-6-15-5-2-3-7-17(15)18/h2-12H,13H2,1H3. The number of halogens is 1. The van der Waals surface area contributed by atoms with E-state index < -0.39 is 0 Å². The Balaban J connectivity index is 1.87. The maximum absolute atomic E-state index is 12.7. The van der Waals surface area contributed by atoms with Crippen LogP contribution in [0.1, 0.15) is 15.9 Å². The second kappa shape index (κ2) is 6.20. The van der Waals surface area contributed by atoms with E-state index in [1.54, 1.807) is 4.90 Å². The SMILES string of the molecule is CN(Cc1ccc(Cl)cc1)C(=O)c1cccc2ccccc12. The molecule has 0 fully saturated rings. The van der Waals surface area contributed by atoms with Crippen LogP contribution in [-0.4, -0.2) is 17.9 Å². The molecule has 0 radical (unpaired) electrons. The average Bonchev–Trinajstić information content (AvgIpc) is 2.55. The van der Waals surface area contributed by atoms with E-state index in [2.05, 4.69) is 0 Å². The Labute approximate surface area is 134 Å². The van der Waals surface area contributed by atoms with Gasteiger partial charge in [-0.3, -0.25) is 4.79 Å². The molecule has 0 aromatic heterocycles. The fourth-order valence-electron chi connectivity index (χ4n) is 2.55. The molecule has 0 bridgehead atoms. The molecule has 3 rings (SSSR count). The van der Waals surface area contributed by atoms with Gasteiger partial charge in [0, 0.05) is 24.2 Å². The number of rotatable bonds is 3. The van der Waals surface area contributed by atoms with Crippen LogP contribution < -0.4 is 0 Å². The first-order valence-electron chi connectivity index (χ1n) is 7.13. The van der Waals surface area contributed by atoms with Crippen molar-refractivity contribution in [2.24, 2.45) is 0 Å². The van der Waals surface area contributed by atoms with Crippen LogP contribution in [-0.2, 0) is 6.54 Å².